The first-order chi connectivity index (χ1) is 8.17. The van der Waals surface area contributed by atoms with Gasteiger partial charge in [0.15, 0.2) is 0 Å². The van der Waals surface area contributed by atoms with Crippen molar-refractivity contribution in [2.45, 2.75) is 19.8 Å². The first-order valence-electron chi connectivity index (χ1n) is 5.55. The number of unbranched alkanes of at least 4 members (excludes halogenated alkanes) is 1. The zero-order valence-electron chi connectivity index (χ0n) is 10.0. The number of urea groups is 1. The van der Waals surface area contributed by atoms with Gasteiger partial charge in [0, 0.05) is 18.3 Å². The maximum atomic E-state index is 11.5. The second-order valence-corrected chi connectivity index (χ2v) is 4.44. The molecule has 1 rings (SSSR count). The molecule has 1 aromatic rings. The minimum Gasteiger partial charge on any atom is -0.495 e. The summed E-state index contributed by atoms with van der Waals surface area (Å²) in [6, 6.07) is 5.22. The molecule has 2 N–H and O–H groups in total. The highest BCUT2D eigenvalue weighted by atomic mass is 79.9. The molecular formula is C12H17BrN2O2. The van der Waals surface area contributed by atoms with Crippen LogP contribution in [0.1, 0.15) is 19.8 Å². The topological polar surface area (TPSA) is 50.4 Å². The van der Waals surface area contributed by atoms with Gasteiger partial charge in [-0.2, -0.15) is 0 Å². The van der Waals surface area contributed by atoms with Crippen LogP contribution in [-0.4, -0.2) is 19.7 Å². The number of carbonyl (C=O) groups excluding carboxylic acids is 1. The Balaban J connectivity index is 2.53. The average Bonchev–Trinajstić information content (AvgIpc) is 2.32. The zero-order chi connectivity index (χ0) is 12.7. The Morgan fingerprint density at radius 3 is 2.88 bits per heavy atom. The minimum absolute atomic E-state index is 0.192. The van der Waals surface area contributed by atoms with Crippen LogP contribution in [0.15, 0.2) is 22.7 Å². The van der Waals surface area contributed by atoms with E-state index in [1.807, 2.05) is 12.1 Å². The van der Waals surface area contributed by atoms with Crippen LogP contribution in [0.5, 0.6) is 5.75 Å². The van der Waals surface area contributed by atoms with E-state index >= 15 is 0 Å². The van der Waals surface area contributed by atoms with E-state index in [2.05, 4.69) is 33.5 Å². The second-order valence-electron chi connectivity index (χ2n) is 3.58. The number of carbonyl (C=O) groups is 1. The molecule has 0 fully saturated rings. The van der Waals surface area contributed by atoms with E-state index in [0.29, 0.717) is 18.0 Å². The van der Waals surface area contributed by atoms with Gasteiger partial charge in [-0.15, -0.1) is 0 Å². The third-order valence-corrected chi connectivity index (χ3v) is 2.88. The Morgan fingerprint density at radius 2 is 2.24 bits per heavy atom. The van der Waals surface area contributed by atoms with Crippen molar-refractivity contribution in [1.29, 1.82) is 0 Å². The Morgan fingerprint density at radius 1 is 1.47 bits per heavy atom. The van der Waals surface area contributed by atoms with Crippen LogP contribution in [0.4, 0.5) is 10.5 Å². The largest absolute Gasteiger partial charge is 0.495 e. The molecule has 0 spiro atoms. The Kier molecular flexibility index (Phi) is 5.83. The van der Waals surface area contributed by atoms with Crippen molar-refractivity contribution in [3.05, 3.63) is 22.7 Å². The number of rotatable bonds is 5. The molecule has 0 bridgehead atoms. The van der Waals surface area contributed by atoms with Crippen molar-refractivity contribution < 1.29 is 9.53 Å². The minimum atomic E-state index is -0.192. The third-order valence-electron chi connectivity index (χ3n) is 2.22. The monoisotopic (exact) mass is 300 g/mol. The standard InChI is InChI=1S/C12H17BrN2O2/c1-3-4-7-14-12(16)15-9-5-6-10(13)11(8-9)17-2/h5-6,8H,3-4,7H2,1-2H3,(H2,14,15,16). The summed E-state index contributed by atoms with van der Waals surface area (Å²) in [5.74, 6) is 0.691. The van der Waals surface area contributed by atoms with Crippen LogP contribution in [0.2, 0.25) is 0 Å². The molecule has 0 aliphatic heterocycles. The summed E-state index contributed by atoms with van der Waals surface area (Å²) in [6.07, 6.45) is 2.05. The fourth-order valence-electron chi connectivity index (χ4n) is 1.29. The maximum Gasteiger partial charge on any atom is 0.319 e. The molecule has 0 unspecified atom stereocenters. The molecule has 17 heavy (non-hydrogen) atoms. The summed E-state index contributed by atoms with van der Waals surface area (Å²) in [5, 5.41) is 5.53. The number of methoxy groups -OCH3 is 1. The molecule has 0 saturated heterocycles. The number of anilines is 1. The number of halogens is 1. The van der Waals surface area contributed by atoms with Gasteiger partial charge in [0.25, 0.3) is 0 Å². The van der Waals surface area contributed by atoms with E-state index in [4.69, 9.17) is 4.74 Å². The lowest BCUT2D eigenvalue weighted by atomic mass is 10.3. The molecule has 94 valence electrons. The number of amides is 2. The van der Waals surface area contributed by atoms with E-state index in [1.54, 1.807) is 13.2 Å². The van der Waals surface area contributed by atoms with Gasteiger partial charge in [0.1, 0.15) is 5.75 Å². The molecule has 5 heteroatoms. The number of benzene rings is 1. The Labute approximate surface area is 110 Å². The predicted octanol–water partition coefficient (Wildman–Crippen LogP) is 3.38. The van der Waals surface area contributed by atoms with Crippen molar-refractivity contribution >= 4 is 27.6 Å². The van der Waals surface area contributed by atoms with Crippen LogP contribution in [-0.2, 0) is 0 Å². The van der Waals surface area contributed by atoms with Gasteiger partial charge in [-0.1, -0.05) is 13.3 Å². The van der Waals surface area contributed by atoms with Crippen molar-refractivity contribution in [3.63, 3.8) is 0 Å². The van der Waals surface area contributed by atoms with Gasteiger partial charge in [0.2, 0.25) is 0 Å². The fourth-order valence-corrected chi connectivity index (χ4v) is 1.70. The van der Waals surface area contributed by atoms with Crippen LogP contribution in [0.25, 0.3) is 0 Å². The van der Waals surface area contributed by atoms with Crippen LogP contribution in [0, 0.1) is 0 Å². The molecule has 4 nitrogen and oxygen atoms in total. The van der Waals surface area contributed by atoms with Crippen LogP contribution >= 0.6 is 15.9 Å². The summed E-state index contributed by atoms with van der Waals surface area (Å²) in [6.45, 7) is 2.77. The normalized spacial score (nSPS) is 9.82. The number of nitrogens with one attached hydrogen (secondary N) is 2. The van der Waals surface area contributed by atoms with E-state index in [0.717, 1.165) is 17.3 Å². The van der Waals surface area contributed by atoms with Crippen molar-refractivity contribution in [2.24, 2.45) is 0 Å². The van der Waals surface area contributed by atoms with Crippen LogP contribution < -0.4 is 15.4 Å². The quantitative estimate of drug-likeness (QED) is 0.819. The van der Waals surface area contributed by atoms with Gasteiger partial charge < -0.3 is 15.4 Å². The molecule has 0 saturated carbocycles. The highest BCUT2D eigenvalue weighted by Crippen LogP contribution is 2.27. The van der Waals surface area contributed by atoms with Crippen LogP contribution in [0.3, 0.4) is 0 Å². The lowest BCUT2D eigenvalue weighted by Gasteiger charge is -2.09. The van der Waals surface area contributed by atoms with Crippen molar-refractivity contribution in [3.8, 4) is 5.75 Å². The van der Waals surface area contributed by atoms with E-state index < -0.39 is 0 Å². The number of hydrogen-bond donors (Lipinski definition) is 2. The number of hydrogen-bond acceptors (Lipinski definition) is 2. The molecular weight excluding hydrogens is 284 g/mol. The Hall–Kier alpha value is -1.23. The molecule has 0 aliphatic rings. The van der Waals surface area contributed by atoms with Crippen molar-refractivity contribution in [2.75, 3.05) is 19.0 Å². The number of ether oxygens (including phenoxy) is 1. The molecule has 0 atom stereocenters. The summed E-state index contributed by atoms with van der Waals surface area (Å²) < 4.78 is 6.01. The first-order valence-corrected chi connectivity index (χ1v) is 6.35. The van der Waals surface area contributed by atoms with E-state index in [9.17, 15) is 4.79 Å². The molecule has 0 radical (unpaired) electrons. The maximum absolute atomic E-state index is 11.5. The highest BCUT2D eigenvalue weighted by molar-refractivity contribution is 9.10. The second kappa shape index (κ2) is 7.17. The van der Waals surface area contributed by atoms with E-state index in [1.165, 1.54) is 0 Å². The molecule has 1 aromatic carbocycles. The lowest BCUT2D eigenvalue weighted by Crippen LogP contribution is -2.29. The van der Waals surface area contributed by atoms with Gasteiger partial charge >= 0.3 is 6.03 Å². The highest BCUT2D eigenvalue weighted by Gasteiger charge is 2.04. The SMILES string of the molecule is CCCCNC(=O)Nc1ccc(Br)c(OC)c1. The zero-order valence-corrected chi connectivity index (χ0v) is 11.6. The molecule has 0 aromatic heterocycles. The molecule has 0 aliphatic carbocycles. The summed E-state index contributed by atoms with van der Waals surface area (Å²) in [5.41, 5.74) is 0.707. The first kappa shape index (κ1) is 13.8. The van der Waals surface area contributed by atoms with Gasteiger partial charge in [-0.25, -0.2) is 4.79 Å². The molecule has 0 heterocycles. The van der Waals surface area contributed by atoms with E-state index in [-0.39, 0.29) is 6.03 Å². The predicted molar refractivity (Wildman–Crippen MR) is 72.6 cm³/mol. The average molecular weight is 301 g/mol. The third kappa shape index (κ3) is 4.65. The summed E-state index contributed by atoms with van der Waals surface area (Å²) in [4.78, 5) is 11.5. The molecule has 2 amide bonds. The fraction of sp³-hybridized carbons (Fsp3) is 0.417. The van der Waals surface area contributed by atoms with Gasteiger partial charge in [-0.05, 0) is 34.5 Å². The smallest absolute Gasteiger partial charge is 0.319 e. The Bertz CT molecular complexity index is 383. The van der Waals surface area contributed by atoms with Gasteiger partial charge in [0.05, 0.1) is 11.6 Å². The summed E-state index contributed by atoms with van der Waals surface area (Å²) >= 11 is 3.35. The summed E-state index contributed by atoms with van der Waals surface area (Å²) in [7, 11) is 1.59. The van der Waals surface area contributed by atoms with Crippen molar-refractivity contribution in [1.82, 2.24) is 5.32 Å². The lowest BCUT2D eigenvalue weighted by molar-refractivity contribution is 0.252. The van der Waals surface area contributed by atoms with Gasteiger partial charge in [-0.3, -0.25) is 0 Å².